The van der Waals surface area contributed by atoms with Crippen molar-refractivity contribution in [3.63, 3.8) is 0 Å². The van der Waals surface area contributed by atoms with Gasteiger partial charge in [0.05, 0.1) is 17.8 Å². The fourth-order valence-corrected chi connectivity index (χ4v) is 2.24. The first-order valence-corrected chi connectivity index (χ1v) is 6.82. The third-order valence-electron chi connectivity index (χ3n) is 3.52. The van der Waals surface area contributed by atoms with E-state index < -0.39 is 5.97 Å². The van der Waals surface area contributed by atoms with Crippen molar-refractivity contribution < 1.29 is 9.90 Å². The van der Waals surface area contributed by atoms with Gasteiger partial charge < -0.3 is 20.2 Å². The van der Waals surface area contributed by atoms with Gasteiger partial charge in [-0.1, -0.05) is 6.07 Å². The molecule has 2 aromatic heterocycles. The lowest BCUT2D eigenvalue weighted by atomic mass is 10.2. The Hall–Kier alpha value is -2.63. The van der Waals surface area contributed by atoms with Crippen LogP contribution in [0.3, 0.4) is 0 Å². The predicted molar refractivity (Wildman–Crippen MR) is 78.5 cm³/mol. The molecule has 3 N–H and O–H groups in total. The summed E-state index contributed by atoms with van der Waals surface area (Å²) < 4.78 is 2.00. The van der Waals surface area contributed by atoms with Gasteiger partial charge in [0.1, 0.15) is 5.65 Å². The number of rotatable bonds is 6. The molecule has 0 aliphatic heterocycles. The average molecular weight is 284 g/mol. The van der Waals surface area contributed by atoms with Crippen LogP contribution in [0.25, 0.3) is 5.65 Å². The molecule has 2 aromatic rings. The fraction of sp³-hybridized carbons (Fsp3) is 0.267. The van der Waals surface area contributed by atoms with Gasteiger partial charge in [-0.3, -0.25) is 0 Å². The summed E-state index contributed by atoms with van der Waals surface area (Å²) in [6, 6.07) is 4.13. The van der Waals surface area contributed by atoms with Crippen molar-refractivity contribution >= 4 is 17.8 Å². The monoisotopic (exact) mass is 284 g/mol. The minimum absolute atomic E-state index is 0.0882. The van der Waals surface area contributed by atoms with E-state index in [-0.39, 0.29) is 5.57 Å². The molecule has 0 radical (unpaired) electrons. The Morgan fingerprint density at radius 3 is 2.95 bits per heavy atom. The summed E-state index contributed by atoms with van der Waals surface area (Å²) >= 11 is 0. The van der Waals surface area contributed by atoms with Crippen molar-refractivity contribution in [1.29, 1.82) is 5.41 Å². The highest BCUT2D eigenvalue weighted by molar-refractivity contribution is 6.07. The molecular weight excluding hydrogens is 268 g/mol. The van der Waals surface area contributed by atoms with Crippen LogP contribution in [-0.4, -0.2) is 26.7 Å². The van der Waals surface area contributed by atoms with E-state index in [1.807, 2.05) is 16.7 Å². The Morgan fingerprint density at radius 2 is 2.29 bits per heavy atom. The van der Waals surface area contributed by atoms with Crippen molar-refractivity contribution in [3.05, 3.63) is 47.6 Å². The minimum atomic E-state index is -1.12. The Balaban J connectivity index is 1.72. The molecular formula is C15H16N4O2. The first-order valence-electron chi connectivity index (χ1n) is 6.82. The SMILES string of the molecule is N=C/C(=C\NCc1cn2cc(C3CC3)ccc2n1)C(=O)O. The molecule has 1 saturated carbocycles. The molecule has 0 spiro atoms. The maximum atomic E-state index is 10.7. The smallest absolute Gasteiger partial charge is 0.338 e. The number of carbonyl (C=O) groups is 1. The van der Waals surface area contributed by atoms with Crippen molar-refractivity contribution in [1.82, 2.24) is 14.7 Å². The van der Waals surface area contributed by atoms with E-state index in [9.17, 15) is 4.79 Å². The summed E-state index contributed by atoms with van der Waals surface area (Å²) in [5.74, 6) is -0.423. The lowest BCUT2D eigenvalue weighted by Crippen LogP contribution is -2.10. The molecule has 21 heavy (non-hydrogen) atoms. The van der Waals surface area contributed by atoms with Gasteiger partial charge in [0.15, 0.2) is 0 Å². The number of pyridine rings is 1. The lowest BCUT2D eigenvalue weighted by molar-refractivity contribution is -0.132. The van der Waals surface area contributed by atoms with Gasteiger partial charge in [-0.15, -0.1) is 0 Å². The van der Waals surface area contributed by atoms with Crippen LogP contribution >= 0.6 is 0 Å². The molecule has 0 unspecified atom stereocenters. The molecule has 0 saturated heterocycles. The average Bonchev–Trinajstić information content (AvgIpc) is 3.23. The van der Waals surface area contributed by atoms with Crippen molar-refractivity contribution in [2.75, 3.05) is 0 Å². The maximum absolute atomic E-state index is 10.7. The molecule has 1 aliphatic rings. The first kappa shape index (κ1) is 13.4. The van der Waals surface area contributed by atoms with Gasteiger partial charge in [0.2, 0.25) is 0 Å². The van der Waals surface area contributed by atoms with E-state index in [0.717, 1.165) is 17.6 Å². The van der Waals surface area contributed by atoms with Crippen molar-refractivity contribution in [2.45, 2.75) is 25.3 Å². The fourth-order valence-electron chi connectivity index (χ4n) is 2.24. The van der Waals surface area contributed by atoms with Gasteiger partial charge in [0, 0.05) is 24.8 Å². The Kier molecular flexibility index (Phi) is 3.43. The summed E-state index contributed by atoms with van der Waals surface area (Å²) in [6.45, 7) is 0.422. The van der Waals surface area contributed by atoms with Crippen LogP contribution in [-0.2, 0) is 11.3 Å². The molecule has 2 heterocycles. The zero-order valence-electron chi connectivity index (χ0n) is 11.4. The van der Waals surface area contributed by atoms with E-state index in [4.69, 9.17) is 10.5 Å². The van der Waals surface area contributed by atoms with Crippen LogP contribution in [0.2, 0.25) is 0 Å². The molecule has 6 heteroatoms. The highest BCUT2D eigenvalue weighted by Gasteiger charge is 2.23. The number of aliphatic carboxylic acids is 1. The number of carboxylic acids is 1. The summed E-state index contributed by atoms with van der Waals surface area (Å²) in [4.78, 5) is 15.2. The van der Waals surface area contributed by atoms with Crippen LogP contribution in [0.1, 0.15) is 30.0 Å². The third-order valence-corrected chi connectivity index (χ3v) is 3.52. The van der Waals surface area contributed by atoms with Gasteiger partial charge in [-0.2, -0.15) is 0 Å². The predicted octanol–water partition coefficient (Wildman–Crippen LogP) is 1.92. The summed E-state index contributed by atoms with van der Waals surface area (Å²) in [7, 11) is 0. The van der Waals surface area contributed by atoms with E-state index in [1.54, 1.807) is 0 Å². The van der Waals surface area contributed by atoms with Crippen LogP contribution < -0.4 is 5.32 Å². The first-order chi connectivity index (χ1) is 10.2. The Bertz CT molecular complexity index is 728. The summed E-state index contributed by atoms with van der Waals surface area (Å²) in [6.07, 6.45) is 8.70. The topological polar surface area (TPSA) is 90.5 Å². The van der Waals surface area contributed by atoms with Crippen LogP contribution in [0, 0.1) is 5.41 Å². The number of fused-ring (bicyclic) bond motifs is 1. The van der Waals surface area contributed by atoms with E-state index in [2.05, 4.69) is 22.6 Å². The highest BCUT2D eigenvalue weighted by atomic mass is 16.4. The second kappa shape index (κ2) is 5.40. The molecule has 108 valence electrons. The number of nitrogens with zero attached hydrogens (tertiary/aromatic N) is 2. The van der Waals surface area contributed by atoms with Crippen molar-refractivity contribution in [2.24, 2.45) is 0 Å². The number of hydrogen-bond donors (Lipinski definition) is 3. The molecule has 6 nitrogen and oxygen atoms in total. The summed E-state index contributed by atoms with van der Waals surface area (Å²) in [5.41, 5.74) is 2.96. The molecule has 1 aliphatic carbocycles. The normalized spacial score (nSPS) is 15.1. The Labute approximate surface area is 121 Å². The molecule has 0 aromatic carbocycles. The molecule has 0 amide bonds. The van der Waals surface area contributed by atoms with E-state index >= 15 is 0 Å². The minimum Gasteiger partial charge on any atom is -0.478 e. The van der Waals surface area contributed by atoms with Crippen LogP contribution in [0.4, 0.5) is 0 Å². The van der Waals surface area contributed by atoms with Gasteiger partial charge in [-0.05, 0) is 30.4 Å². The number of aromatic nitrogens is 2. The lowest BCUT2D eigenvalue weighted by Gasteiger charge is -1.98. The zero-order valence-corrected chi connectivity index (χ0v) is 11.4. The number of carboxylic acid groups (broad SMARTS) is 1. The quantitative estimate of drug-likeness (QED) is 0.558. The molecule has 0 bridgehead atoms. The largest absolute Gasteiger partial charge is 0.478 e. The standard InChI is InChI=1S/C15H16N4O2/c16-5-12(15(20)21)6-17-7-13-9-19-8-11(10-1-2-10)3-4-14(19)18-13/h3-6,8-10,16-17H,1-2,7H2,(H,20,21)/b12-6+,16-5?. The maximum Gasteiger partial charge on any atom is 0.338 e. The van der Waals surface area contributed by atoms with Crippen molar-refractivity contribution in [3.8, 4) is 0 Å². The third kappa shape index (κ3) is 2.94. The van der Waals surface area contributed by atoms with Gasteiger partial charge in [0.25, 0.3) is 0 Å². The number of nitrogens with one attached hydrogen (secondary N) is 2. The Morgan fingerprint density at radius 1 is 1.48 bits per heavy atom. The zero-order chi connectivity index (χ0) is 14.8. The molecule has 0 atom stereocenters. The van der Waals surface area contributed by atoms with Crippen LogP contribution in [0.5, 0.6) is 0 Å². The highest BCUT2D eigenvalue weighted by Crippen LogP contribution is 2.39. The molecule has 1 fully saturated rings. The van der Waals surface area contributed by atoms with E-state index in [1.165, 1.54) is 24.6 Å². The summed E-state index contributed by atoms with van der Waals surface area (Å²) in [5, 5.41) is 18.7. The van der Waals surface area contributed by atoms with Crippen LogP contribution in [0.15, 0.2) is 36.3 Å². The van der Waals surface area contributed by atoms with Gasteiger partial charge >= 0.3 is 5.97 Å². The molecule has 3 rings (SSSR count). The number of imidazole rings is 1. The second-order valence-corrected chi connectivity index (χ2v) is 5.16. The van der Waals surface area contributed by atoms with Gasteiger partial charge in [-0.25, -0.2) is 9.78 Å². The second-order valence-electron chi connectivity index (χ2n) is 5.16. The number of hydrogen-bond acceptors (Lipinski definition) is 4. The van der Waals surface area contributed by atoms with E-state index in [0.29, 0.717) is 12.5 Å².